The van der Waals surface area contributed by atoms with Crippen LogP contribution in [0.1, 0.15) is 26.7 Å². The molecular weight excluding hydrogens is 524 g/mol. The fraction of sp³-hybridized carbons (Fsp3) is 0.870. The summed E-state index contributed by atoms with van der Waals surface area (Å²) in [5.41, 5.74) is 0. The highest BCUT2D eigenvalue weighted by atomic mass is 79.9. The first kappa shape index (κ1) is 26.2. The monoisotopic (exact) mass is 560 g/mol. The number of hydrogen-bond donors (Lipinski definition) is 3. The van der Waals surface area contributed by atoms with Gasteiger partial charge < -0.3 is 25.4 Å². The van der Waals surface area contributed by atoms with E-state index in [1.807, 2.05) is 13.8 Å². The van der Waals surface area contributed by atoms with Gasteiger partial charge in [-0.05, 0) is 12.3 Å². The zero-order valence-electron chi connectivity index (χ0n) is 20.2. The molecule has 4 saturated heterocycles. The van der Waals surface area contributed by atoms with Crippen LogP contribution in [0.25, 0.3) is 0 Å². The number of carbonyl (C=O) groups is 3. The van der Waals surface area contributed by atoms with Crippen molar-refractivity contribution in [2.75, 3.05) is 53.0 Å². The second kappa shape index (κ2) is 10.6. The molecule has 0 aromatic heterocycles. The Hall–Kier alpha value is -0.880. The summed E-state index contributed by atoms with van der Waals surface area (Å²) in [6.45, 7) is 8.09. The number of carbonyl (C=O) groups excluding carboxylic acids is 3. The Labute approximate surface area is 214 Å². The van der Waals surface area contributed by atoms with E-state index in [0.29, 0.717) is 26.2 Å². The van der Waals surface area contributed by atoms with Crippen molar-refractivity contribution < 1.29 is 24.2 Å². The molecule has 4 fully saturated rings. The number of morpholine rings is 1. The molecule has 34 heavy (non-hydrogen) atoms. The molecule has 4 aliphatic heterocycles. The van der Waals surface area contributed by atoms with Gasteiger partial charge in [0.25, 0.3) is 0 Å². The number of nitrogens with zero attached hydrogens (tertiary/aromatic N) is 2. The number of thioether (sulfide) groups is 1. The van der Waals surface area contributed by atoms with Crippen molar-refractivity contribution in [3.05, 3.63) is 0 Å². The Morgan fingerprint density at radius 1 is 1.32 bits per heavy atom. The Morgan fingerprint density at radius 3 is 2.65 bits per heavy atom. The molecule has 4 aliphatic rings. The van der Waals surface area contributed by atoms with Crippen LogP contribution in [0.4, 0.5) is 0 Å². The predicted octanol–water partition coefficient (Wildman–Crippen LogP) is 0.0524. The molecule has 4 rings (SSSR count). The van der Waals surface area contributed by atoms with E-state index in [9.17, 15) is 19.5 Å². The van der Waals surface area contributed by atoms with Gasteiger partial charge in [-0.3, -0.25) is 19.3 Å². The molecule has 8 atom stereocenters. The summed E-state index contributed by atoms with van der Waals surface area (Å²) in [6.07, 6.45) is 1.41. The van der Waals surface area contributed by atoms with Crippen LogP contribution in [0.2, 0.25) is 0 Å². The van der Waals surface area contributed by atoms with E-state index in [2.05, 4.69) is 31.5 Å². The van der Waals surface area contributed by atoms with E-state index in [0.717, 1.165) is 26.1 Å². The minimum atomic E-state index is -0.717. The van der Waals surface area contributed by atoms with E-state index in [1.54, 1.807) is 23.7 Å². The summed E-state index contributed by atoms with van der Waals surface area (Å²) in [7, 11) is 1.59. The van der Waals surface area contributed by atoms with Crippen LogP contribution in [-0.4, -0.2) is 113 Å². The van der Waals surface area contributed by atoms with Gasteiger partial charge in [-0.2, -0.15) is 0 Å². The number of aliphatic hydroxyl groups is 1. The van der Waals surface area contributed by atoms with E-state index in [-0.39, 0.29) is 40.3 Å². The summed E-state index contributed by atoms with van der Waals surface area (Å²) in [5.74, 6) is -1.55. The lowest BCUT2D eigenvalue weighted by Gasteiger charge is -2.39. The zero-order chi connectivity index (χ0) is 24.6. The van der Waals surface area contributed by atoms with Gasteiger partial charge in [0.05, 0.1) is 42.4 Å². The second-order valence-electron chi connectivity index (χ2n) is 9.90. The molecule has 192 valence electrons. The summed E-state index contributed by atoms with van der Waals surface area (Å²) >= 11 is 5.37. The van der Waals surface area contributed by atoms with Gasteiger partial charge in [-0.1, -0.05) is 36.2 Å². The van der Waals surface area contributed by atoms with Crippen LogP contribution < -0.4 is 10.6 Å². The smallest absolute Gasteiger partial charge is 0.244 e. The van der Waals surface area contributed by atoms with E-state index in [1.165, 1.54) is 0 Å². The molecule has 11 heteroatoms. The minimum absolute atomic E-state index is 0.0215. The minimum Gasteiger partial charge on any atom is -0.394 e. The highest BCUT2D eigenvalue weighted by Crippen LogP contribution is 2.68. The van der Waals surface area contributed by atoms with Gasteiger partial charge in [0.1, 0.15) is 6.04 Å². The molecule has 0 aromatic rings. The largest absolute Gasteiger partial charge is 0.394 e. The number of amides is 3. The maximum atomic E-state index is 14.0. The van der Waals surface area contributed by atoms with Gasteiger partial charge >= 0.3 is 0 Å². The first-order valence-electron chi connectivity index (χ1n) is 12.3. The van der Waals surface area contributed by atoms with Crippen LogP contribution >= 0.6 is 27.7 Å². The molecule has 2 bridgehead atoms. The Bertz CT molecular complexity index is 799. The van der Waals surface area contributed by atoms with Gasteiger partial charge in [0, 0.05) is 43.3 Å². The number of rotatable bonds is 9. The van der Waals surface area contributed by atoms with Crippen LogP contribution in [0.5, 0.6) is 0 Å². The average Bonchev–Trinajstić information content (AvgIpc) is 3.43. The highest BCUT2D eigenvalue weighted by molar-refractivity contribution is 9.09. The Kier molecular flexibility index (Phi) is 8.18. The number of likely N-dealkylation sites (tertiary alicyclic amines) is 1. The molecule has 0 radical (unpaired) electrons. The molecule has 3 N–H and O–H groups in total. The Morgan fingerprint density at radius 2 is 2.03 bits per heavy atom. The average molecular weight is 562 g/mol. The van der Waals surface area contributed by atoms with E-state index in [4.69, 9.17) is 4.74 Å². The molecule has 0 aromatic carbocycles. The molecule has 9 nitrogen and oxygen atoms in total. The lowest BCUT2D eigenvalue weighted by molar-refractivity contribution is -0.143. The summed E-state index contributed by atoms with van der Waals surface area (Å²) in [5, 5.41) is 16.1. The van der Waals surface area contributed by atoms with Crippen molar-refractivity contribution >= 4 is 45.4 Å². The summed E-state index contributed by atoms with van der Waals surface area (Å²) < 4.78 is 4.71. The summed E-state index contributed by atoms with van der Waals surface area (Å²) in [6, 6.07) is -1.18. The lowest BCUT2D eigenvalue weighted by atomic mass is 9.70. The molecule has 0 aliphatic carbocycles. The third kappa shape index (κ3) is 4.29. The molecule has 3 amide bonds. The van der Waals surface area contributed by atoms with E-state index >= 15 is 0 Å². The number of nitrogens with one attached hydrogen (secondary N) is 2. The van der Waals surface area contributed by atoms with Crippen LogP contribution in [0, 0.1) is 17.8 Å². The van der Waals surface area contributed by atoms with Crippen LogP contribution in [0.3, 0.4) is 0 Å². The predicted molar refractivity (Wildman–Crippen MR) is 134 cm³/mol. The fourth-order valence-electron chi connectivity index (χ4n) is 6.26. The number of aliphatic hydroxyl groups excluding tert-OH is 1. The topological polar surface area (TPSA) is 111 Å². The number of halogens is 1. The van der Waals surface area contributed by atoms with Gasteiger partial charge in [0.2, 0.25) is 17.7 Å². The Balaban J connectivity index is 1.63. The third-order valence-corrected chi connectivity index (χ3v) is 11.4. The third-order valence-electron chi connectivity index (χ3n) is 8.20. The van der Waals surface area contributed by atoms with Crippen molar-refractivity contribution in [1.29, 1.82) is 0 Å². The first-order chi connectivity index (χ1) is 16.3. The number of alkyl halides is 1. The number of ether oxygens (including phenoxy) is 1. The zero-order valence-corrected chi connectivity index (χ0v) is 22.6. The highest BCUT2D eigenvalue weighted by Gasteiger charge is 2.76. The molecule has 1 spiro atoms. The molecule has 0 saturated carbocycles. The van der Waals surface area contributed by atoms with Crippen molar-refractivity contribution in [3.8, 4) is 0 Å². The van der Waals surface area contributed by atoms with Crippen molar-refractivity contribution in [2.24, 2.45) is 17.8 Å². The molecular formula is C23H37BrN4O5S. The fourth-order valence-corrected chi connectivity index (χ4v) is 9.86. The SMILES string of the molecule is CC[C@H](C)[C@H](CO)N1C(=O)[C@@H]2[C@H](C(=O)NC)[C@H]3SC2(CC3Br)C1C(=O)NCCN1CCOCC1. The maximum absolute atomic E-state index is 14.0. The van der Waals surface area contributed by atoms with Crippen molar-refractivity contribution in [2.45, 2.75) is 53.6 Å². The lowest BCUT2D eigenvalue weighted by Crippen LogP contribution is -2.58. The number of hydrogen-bond acceptors (Lipinski definition) is 7. The van der Waals surface area contributed by atoms with Crippen LogP contribution in [-0.2, 0) is 19.1 Å². The standard InChI is InChI=1S/C23H37BrN4O5S/c1-4-13(2)15(12-29)28-19(21(31)26-5-6-27-7-9-33-10-8-27)23-11-14(24)18(34-23)16(20(30)25-3)17(23)22(28)32/h13-19,29H,4-12H2,1-3H3,(H,25,30)(H,26,31)/t13-,14?,15-,16-,17-,18-,19?,23?/m0/s1. The van der Waals surface area contributed by atoms with Crippen molar-refractivity contribution in [3.63, 3.8) is 0 Å². The number of fused-ring (bicyclic) bond motifs is 1. The molecule has 3 unspecified atom stereocenters. The van der Waals surface area contributed by atoms with E-state index < -0.39 is 28.7 Å². The van der Waals surface area contributed by atoms with Gasteiger partial charge in [-0.15, -0.1) is 11.8 Å². The quantitative estimate of drug-likeness (QED) is 0.342. The van der Waals surface area contributed by atoms with Gasteiger partial charge in [-0.25, -0.2) is 0 Å². The van der Waals surface area contributed by atoms with Gasteiger partial charge in [0.15, 0.2) is 0 Å². The maximum Gasteiger partial charge on any atom is 0.244 e. The summed E-state index contributed by atoms with van der Waals surface area (Å²) in [4.78, 5) is 44.6. The first-order valence-corrected chi connectivity index (χ1v) is 14.1. The van der Waals surface area contributed by atoms with Crippen LogP contribution in [0.15, 0.2) is 0 Å². The second-order valence-corrected chi connectivity index (χ2v) is 12.6. The van der Waals surface area contributed by atoms with Crippen molar-refractivity contribution in [1.82, 2.24) is 20.4 Å². The normalized spacial score (nSPS) is 36.9. The molecule has 4 heterocycles.